The van der Waals surface area contributed by atoms with Crippen molar-refractivity contribution in [3.05, 3.63) is 12.2 Å². The normalized spacial score (nSPS) is 29.8. The molecule has 7 heteroatoms. The first-order chi connectivity index (χ1) is 15.5. The Kier molecular flexibility index (Phi) is 10.9. The van der Waals surface area contributed by atoms with Gasteiger partial charge in [-0.2, -0.15) is 0 Å². The number of fused-ring (bicyclic) bond motifs is 1. The minimum atomic E-state index is -1.90. The standard InChI is InChI=1S/C26H52O5Si2/c1-10-20(30-32(8,9)26(5,6)7)21-16-14-15-17-22-23(28-21)18-24(29-22)25(19-27)31-33(11-2,12-3)13-4/h14-15,20-25,27H,10-13,16-19H2,1-9H3/b15-14-/t20-,21-,22+,23+,24-,25+/m1/s1. The smallest absolute Gasteiger partial charge is 0.192 e. The predicted molar refractivity (Wildman–Crippen MR) is 142 cm³/mol. The van der Waals surface area contributed by atoms with Crippen molar-refractivity contribution in [3.63, 3.8) is 0 Å². The molecule has 1 fully saturated rings. The molecule has 5 nitrogen and oxygen atoms in total. The fraction of sp³-hybridized carbons (Fsp3) is 0.923. The molecule has 2 heterocycles. The number of aliphatic hydroxyl groups excluding tert-OH is 1. The molecule has 2 aliphatic heterocycles. The van der Waals surface area contributed by atoms with Crippen LogP contribution in [0, 0.1) is 0 Å². The minimum Gasteiger partial charge on any atom is -0.411 e. The Morgan fingerprint density at radius 1 is 0.879 bits per heavy atom. The number of ether oxygens (including phenoxy) is 2. The van der Waals surface area contributed by atoms with Gasteiger partial charge in [0.15, 0.2) is 16.6 Å². The summed E-state index contributed by atoms with van der Waals surface area (Å²) in [6, 6.07) is 3.21. The van der Waals surface area contributed by atoms with Gasteiger partial charge in [-0.3, -0.25) is 0 Å². The van der Waals surface area contributed by atoms with E-state index in [1.165, 1.54) is 0 Å². The summed E-state index contributed by atoms with van der Waals surface area (Å²) in [5, 5.41) is 10.4. The molecule has 0 amide bonds. The molecule has 1 N–H and O–H groups in total. The van der Waals surface area contributed by atoms with Gasteiger partial charge in [0.05, 0.1) is 43.2 Å². The van der Waals surface area contributed by atoms with Gasteiger partial charge in [-0.25, -0.2) is 0 Å². The maximum atomic E-state index is 10.2. The van der Waals surface area contributed by atoms with Gasteiger partial charge >= 0.3 is 0 Å². The second-order valence-electron chi connectivity index (χ2n) is 11.5. The first kappa shape index (κ1) is 29.2. The van der Waals surface area contributed by atoms with Crippen molar-refractivity contribution in [1.29, 1.82) is 0 Å². The average Bonchev–Trinajstić information content (AvgIpc) is 3.14. The van der Waals surface area contributed by atoms with E-state index in [0.29, 0.717) is 0 Å². The van der Waals surface area contributed by atoms with Crippen molar-refractivity contribution in [2.24, 2.45) is 0 Å². The molecule has 0 spiro atoms. The van der Waals surface area contributed by atoms with Crippen LogP contribution in [0.25, 0.3) is 0 Å². The van der Waals surface area contributed by atoms with Gasteiger partial charge in [0, 0.05) is 6.42 Å². The maximum absolute atomic E-state index is 10.2. The summed E-state index contributed by atoms with van der Waals surface area (Å²) < 4.78 is 26.7. The molecule has 0 saturated carbocycles. The third kappa shape index (κ3) is 7.24. The Morgan fingerprint density at radius 2 is 1.45 bits per heavy atom. The Balaban J connectivity index is 2.14. The molecule has 2 aliphatic rings. The predicted octanol–water partition coefficient (Wildman–Crippen LogP) is 6.43. The van der Waals surface area contributed by atoms with Gasteiger partial charge in [-0.15, -0.1) is 0 Å². The van der Waals surface area contributed by atoms with Crippen LogP contribution in [0.4, 0.5) is 0 Å². The highest BCUT2D eigenvalue weighted by molar-refractivity contribution is 6.74. The molecule has 0 unspecified atom stereocenters. The van der Waals surface area contributed by atoms with E-state index in [1.54, 1.807) is 0 Å². The van der Waals surface area contributed by atoms with Crippen LogP contribution in [0.3, 0.4) is 0 Å². The van der Waals surface area contributed by atoms with E-state index in [9.17, 15) is 5.11 Å². The summed E-state index contributed by atoms with van der Waals surface area (Å²) in [7, 11) is -3.73. The van der Waals surface area contributed by atoms with Crippen molar-refractivity contribution < 1.29 is 23.4 Å². The van der Waals surface area contributed by atoms with Crippen LogP contribution in [0.5, 0.6) is 0 Å². The first-order valence-corrected chi connectivity index (χ1v) is 18.8. The second-order valence-corrected chi connectivity index (χ2v) is 21.0. The molecular weight excluding hydrogens is 448 g/mol. The van der Waals surface area contributed by atoms with E-state index < -0.39 is 16.6 Å². The lowest BCUT2D eigenvalue weighted by Crippen LogP contribution is -2.48. The van der Waals surface area contributed by atoms with Crippen LogP contribution in [0.2, 0.25) is 36.3 Å². The lowest BCUT2D eigenvalue weighted by Gasteiger charge is -2.42. The van der Waals surface area contributed by atoms with Crippen molar-refractivity contribution in [3.8, 4) is 0 Å². The molecule has 0 radical (unpaired) electrons. The number of hydrogen-bond acceptors (Lipinski definition) is 5. The van der Waals surface area contributed by atoms with Crippen LogP contribution in [0.15, 0.2) is 12.2 Å². The molecule has 0 aromatic rings. The zero-order valence-electron chi connectivity index (χ0n) is 22.9. The number of aliphatic hydroxyl groups is 1. The minimum absolute atomic E-state index is 0.00416. The van der Waals surface area contributed by atoms with Gasteiger partial charge in [0.25, 0.3) is 0 Å². The fourth-order valence-electron chi connectivity index (χ4n) is 4.85. The van der Waals surface area contributed by atoms with Crippen LogP contribution in [-0.4, -0.2) is 65.0 Å². The van der Waals surface area contributed by atoms with Crippen LogP contribution < -0.4 is 0 Å². The Hall–Kier alpha value is -0.0262. The second kappa shape index (κ2) is 12.3. The molecular formula is C26H52O5Si2. The van der Waals surface area contributed by atoms with E-state index in [0.717, 1.165) is 43.8 Å². The summed E-state index contributed by atoms with van der Waals surface area (Å²) >= 11 is 0. The van der Waals surface area contributed by atoms with E-state index in [-0.39, 0.29) is 48.3 Å². The molecule has 1 saturated heterocycles. The van der Waals surface area contributed by atoms with Gasteiger partial charge < -0.3 is 23.4 Å². The molecule has 0 aromatic carbocycles. The topological polar surface area (TPSA) is 57.2 Å². The van der Waals surface area contributed by atoms with Gasteiger partial charge in [-0.05, 0) is 55.5 Å². The van der Waals surface area contributed by atoms with Crippen molar-refractivity contribution >= 4 is 16.6 Å². The molecule has 33 heavy (non-hydrogen) atoms. The lowest BCUT2D eigenvalue weighted by molar-refractivity contribution is -0.100. The Labute approximate surface area is 205 Å². The highest BCUT2D eigenvalue weighted by Gasteiger charge is 2.45. The highest BCUT2D eigenvalue weighted by atomic mass is 28.4. The van der Waals surface area contributed by atoms with Gasteiger partial charge in [0.2, 0.25) is 0 Å². The third-order valence-corrected chi connectivity index (χ3v) is 17.7. The lowest BCUT2D eigenvalue weighted by atomic mass is 10.0. The zero-order valence-corrected chi connectivity index (χ0v) is 24.9. The fourth-order valence-corrected chi connectivity index (χ4v) is 9.15. The molecule has 194 valence electrons. The number of hydrogen-bond donors (Lipinski definition) is 1. The zero-order chi connectivity index (χ0) is 24.9. The average molecular weight is 501 g/mol. The summed E-state index contributed by atoms with van der Waals surface area (Å²) in [5.41, 5.74) is 0. The quantitative estimate of drug-likeness (QED) is 0.262. The molecule has 2 rings (SSSR count). The Bertz CT molecular complexity index is 606. The van der Waals surface area contributed by atoms with Crippen molar-refractivity contribution in [2.45, 2.75) is 147 Å². The highest BCUT2D eigenvalue weighted by Crippen LogP contribution is 2.40. The summed E-state index contributed by atoms with van der Waals surface area (Å²) in [5.74, 6) is 0. The maximum Gasteiger partial charge on any atom is 0.192 e. The van der Waals surface area contributed by atoms with Gasteiger partial charge in [-0.1, -0.05) is 60.6 Å². The van der Waals surface area contributed by atoms with Crippen molar-refractivity contribution in [1.82, 2.24) is 0 Å². The molecule has 6 atom stereocenters. The van der Waals surface area contributed by atoms with E-state index in [1.807, 2.05) is 0 Å². The monoisotopic (exact) mass is 500 g/mol. The summed E-state index contributed by atoms with van der Waals surface area (Å²) in [4.78, 5) is 0. The van der Waals surface area contributed by atoms with Crippen LogP contribution in [-0.2, 0) is 18.3 Å². The van der Waals surface area contributed by atoms with E-state index in [4.69, 9.17) is 18.3 Å². The third-order valence-electron chi connectivity index (χ3n) is 8.48. The largest absolute Gasteiger partial charge is 0.411 e. The molecule has 0 aliphatic carbocycles. The SMILES string of the molecule is CC[C@@H](O[Si](C)(C)C(C)(C)C)[C@H]1C/C=C\C[C@@H]2O[C@@H]([C@H](CO)O[Si](CC)(CC)CC)C[C@@H]2O1. The summed E-state index contributed by atoms with van der Waals surface area (Å²) in [6.45, 7) is 20.4. The van der Waals surface area contributed by atoms with E-state index >= 15 is 0 Å². The Morgan fingerprint density at radius 3 is 1.97 bits per heavy atom. The number of rotatable bonds is 11. The van der Waals surface area contributed by atoms with Crippen LogP contribution in [0.1, 0.15) is 74.1 Å². The van der Waals surface area contributed by atoms with Crippen molar-refractivity contribution in [2.75, 3.05) is 6.61 Å². The molecule has 0 aromatic heterocycles. The van der Waals surface area contributed by atoms with E-state index in [2.05, 4.69) is 73.7 Å². The molecule has 0 bridgehead atoms. The van der Waals surface area contributed by atoms with Crippen LogP contribution >= 0.6 is 0 Å². The summed E-state index contributed by atoms with van der Waals surface area (Å²) in [6.07, 6.45) is 7.67. The van der Waals surface area contributed by atoms with Gasteiger partial charge in [0.1, 0.15) is 0 Å². The first-order valence-electron chi connectivity index (χ1n) is 13.4.